The zero-order chi connectivity index (χ0) is 40.1. The fourth-order valence-electron chi connectivity index (χ4n) is 6.33. The minimum Gasteiger partial charge on any atom is -0.480 e. The van der Waals surface area contributed by atoms with Crippen LogP contribution in [0.5, 0.6) is 0 Å². The van der Waals surface area contributed by atoms with E-state index in [-0.39, 0.29) is 25.2 Å². The molecule has 0 saturated carbocycles. The highest BCUT2D eigenvalue weighted by atomic mass is 16.4. The summed E-state index contributed by atoms with van der Waals surface area (Å²) in [6, 6.07) is 23.9. The minimum absolute atomic E-state index is 0.0795. The standard InChI is InChI=1S/C42H55N5O7/c1-8-32(43-28(4)48)37(50)46-36(41(5,6)7)39(52)45-34(26-27(2)3)38(51)44-33(40(53)54)24-25-35(49)47-42(29-18-12-9-13-19-29,30-20-14-10-15-21-30)31-22-16-11-17-23-31/h9-23,27,32-34,36H,8,24-26H2,1-7H3,(H,43,48)(H,44,51)(H,45,52)(H,46,50)(H,47,49)(H,53,54)/t32-,33-,34-,36+/m0/s1. The molecule has 6 N–H and O–H groups in total. The molecule has 0 aliphatic heterocycles. The number of aliphatic carboxylic acids is 1. The highest BCUT2D eigenvalue weighted by Crippen LogP contribution is 2.37. The van der Waals surface area contributed by atoms with E-state index in [1.807, 2.05) is 105 Å². The Morgan fingerprint density at radius 3 is 1.46 bits per heavy atom. The van der Waals surface area contributed by atoms with Crippen molar-refractivity contribution in [3.05, 3.63) is 108 Å². The third kappa shape index (κ3) is 11.7. The van der Waals surface area contributed by atoms with Crippen molar-refractivity contribution in [1.29, 1.82) is 0 Å². The van der Waals surface area contributed by atoms with Crippen LogP contribution in [0.3, 0.4) is 0 Å². The van der Waals surface area contributed by atoms with E-state index in [2.05, 4.69) is 26.6 Å². The van der Waals surface area contributed by atoms with E-state index in [9.17, 15) is 33.9 Å². The van der Waals surface area contributed by atoms with Crippen molar-refractivity contribution in [1.82, 2.24) is 26.6 Å². The van der Waals surface area contributed by atoms with Gasteiger partial charge in [-0.15, -0.1) is 0 Å². The maximum Gasteiger partial charge on any atom is 0.326 e. The Morgan fingerprint density at radius 1 is 0.630 bits per heavy atom. The summed E-state index contributed by atoms with van der Waals surface area (Å²) < 4.78 is 0. The van der Waals surface area contributed by atoms with Crippen LogP contribution in [0.4, 0.5) is 0 Å². The summed E-state index contributed by atoms with van der Waals surface area (Å²) in [4.78, 5) is 78.5. The van der Waals surface area contributed by atoms with Crippen molar-refractivity contribution in [2.75, 3.05) is 0 Å². The largest absolute Gasteiger partial charge is 0.480 e. The van der Waals surface area contributed by atoms with Crippen LogP contribution in [0.2, 0.25) is 0 Å². The average molecular weight is 742 g/mol. The molecule has 0 aliphatic carbocycles. The summed E-state index contributed by atoms with van der Waals surface area (Å²) in [5.74, 6) is -4.17. The Labute approximate surface area is 318 Å². The third-order valence-corrected chi connectivity index (χ3v) is 9.08. The number of rotatable bonds is 18. The lowest BCUT2D eigenvalue weighted by molar-refractivity contribution is -0.143. The second-order valence-electron chi connectivity index (χ2n) is 15.0. The van der Waals surface area contributed by atoms with Crippen LogP contribution in [0.1, 0.15) is 90.8 Å². The van der Waals surface area contributed by atoms with Gasteiger partial charge in [0, 0.05) is 13.3 Å². The molecule has 0 heterocycles. The Bertz CT molecular complexity index is 1630. The SMILES string of the molecule is CC[C@H](NC(C)=O)C(=O)N[C@H](C(=O)N[C@@H](CC(C)C)C(=O)N[C@@H](CCC(=O)NC(c1ccccc1)(c1ccccc1)c1ccccc1)C(=O)O)C(C)(C)C. The van der Waals surface area contributed by atoms with Crippen LogP contribution in [-0.4, -0.2) is 64.8 Å². The molecule has 0 aromatic heterocycles. The molecule has 5 amide bonds. The van der Waals surface area contributed by atoms with E-state index in [0.29, 0.717) is 6.42 Å². The molecule has 290 valence electrons. The van der Waals surface area contributed by atoms with Gasteiger partial charge in [-0.2, -0.15) is 0 Å². The smallest absolute Gasteiger partial charge is 0.326 e. The second-order valence-corrected chi connectivity index (χ2v) is 15.0. The van der Waals surface area contributed by atoms with Crippen molar-refractivity contribution in [2.24, 2.45) is 11.3 Å². The summed E-state index contributed by atoms with van der Waals surface area (Å²) in [5, 5.41) is 23.9. The zero-order valence-electron chi connectivity index (χ0n) is 32.3. The van der Waals surface area contributed by atoms with Gasteiger partial charge in [0.25, 0.3) is 0 Å². The predicted octanol–water partition coefficient (Wildman–Crippen LogP) is 4.42. The molecule has 12 heteroatoms. The lowest BCUT2D eigenvalue weighted by Crippen LogP contribution is -2.61. The molecule has 54 heavy (non-hydrogen) atoms. The number of carboxylic acid groups (broad SMARTS) is 1. The summed E-state index contributed by atoms with van der Waals surface area (Å²) in [6.45, 7) is 12.0. The average Bonchev–Trinajstić information content (AvgIpc) is 3.13. The van der Waals surface area contributed by atoms with Gasteiger partial charge >= 0.3 is 5.97 Å². The zero-order valence-corrected chi connectivity index (χ0v) is 32.3. The Kier molecular flexibility index (Phi) is 15.5. The number of hydrogen-bond acceptors (Lipinski definition) is 6. The number of hydrogen-bond donors (Lipinski definition) is 6. The van der Waals surface area contributed by atoms with Crippen molar-refractivity contribution < 1.29 is 33.9 Å². The number of carboxylic acids is 1. The van der Waals surface area contributed by atoms with E-state index in [0.717, 1.165) is 16.7 Å². The maximum absolute atomic E-state index is 13.9. The Balaban J connectivity index is 1.83. The van der Waals surface area contributed by atoms with Gasteiger partial charge in [0.15, 0.2) is 0 Å². The van der Waals surface area contributed by atoms with Gasteiger partial charge in [0.2, 0.25) is 29.5 Å². The van der Waals surface area contributed by atoms with Crippen LogP contribution in [0.15, 0.2) is 91.0 Å². The first-order chi connectivity index (χ1) is 25.5. The van der Waals surface area contributed by atoms with E-state index < -0.39 is 70.6 Å². The van der Waals surface area contributed by atoms with E-state index in [1.54, 1.807) is 27.7 Å². The molecule has 3 aromatic carbocycles. The van der Waals surface area contributed by atoms with E-state index >= 15 is 0 Å². The van der Waals surface area contributed by atoms with Crippen LogP contribution in [-0.2, 0) is 34.3 Å². The molecule has 0 unspecified atom stereocenters. The number of amides is 5. The topological polar surface area (TPSA) is 183 Å². The fourth-order valence-corrected chi connectivity index (χ4v) is 6.33. The molecule has 0 aliphatic rings. The number of carbonyl (C=O) groups excluding carboxylic acids is 5. The highest BCUT2D eigenvalue weighted by Gasteiger charge is 2.39. The molecule has 3 aromatic rings. The molecule has 3 rings (SSSR count). The fraction of sp³-hybridized carbons (Fsp3) is 0.429. The predicted molar refractivity (Wildman–Crippen MR) is 207 cm³/mol. The number of benzene rings is 3. The second kappa shape index (κ2) is 19.5. The van der Waals surface area contributed by atoms with Gasteiger partial charge in [-0.3, -0.25) is 24.0 Å². The van der Waals surface area contributed by atoms with Crippen molar-refractivity contribution >= 4 is 35.5 Å². The van der Waals surface area contributed by atoms with E-state index in [1.165, 1.54) is 6.92 Å². The Hall–Kier alpha value is -5.52. The van der Waals surface area contributed by atoms with Gasteiger partial charge in [-0.05, 0) is 47.3 Å². The first kappa shape index (κ1) is 42.9. The van der Waals surface area contributed by atoms with Crippen LogP contribution >= 0.6 is 0 Å². The van der Waals surface area contributed by atoms with Crippen LogP contribution in [0, 0.1) is 11.3 Å². The molecule has 12 nitrogen and oxygen atoms in total. The molecule has 0 fully saturated rings. The van der Waals surface area contributed by atoms with Crippen LogP contribution in [0.25, 0.3) is 0 Å². The lowest BCUT2D eigenvalue weighted by Gasteiger charge is -2.37. The number of nitrogens with one attached hydrogen (secondary N) is 5. The molecule has 0 spiro atoms. The normalized spacial score (nSPS) is 13.8. The molecule has 4 atom stereocenters. The minimum atomic E-state index is -1.45. The molecular weight excluding hydrogens is 686 g/mol. The molecule has 0 radical (unpaired) electrons. The van der Waals surface area contributed by atoms with Gasteiger partial charge in [0.1, 0.15) is 29.7 Å². The van der Waals surface area contributed by atoms with Crippen molar-refractivity contribution in [3.8, 4) is 0 Å². The first-order valence-corrected chi connectivity index (χ1v) is 18.4. The van der Waals surface area contributed by atoms with Crippen molar-refractivity contribution in [3.63, 3.8) is 0 Å². The van der Waals surface area contributed by atoms with Gasteiger partial charge in [0.05, 0.1) is 0 Å². The van der Waals surface area contributed by atoms with Crippen LogP contribution < -0.4 is 26.6 Å². The molecular formula is C42H55N5O7. The highest BCUT2D eigenvalue weighted by molar-refractivity contribution is 5.95. The van der Waals surface area contributed by atoms with E-state index in [4.69, 9.17) is 0 Å². The van der Waals surface area contributed by atoms with Crippen molar-refractivity contribution in [2.45, 2.75) is 104 Å². The summed E-state index contributed by atoms with van der Waals surface area (Å²) in [7, 11) is 0. The quantitative estimate of drug-likeness (QED) is 0.104. The Morgan fingerprint density at radius 2 is 1.07 bits per heavy atom. The monoisotopic (exact) mass is 741 g/mol. The summed E-state index contributed by atoms with van der Waals surface area (Å²) in [5.41, 5.74) is 0.510. The summed E-state index contributed by atoms with van der Waals surface area (Å²) in [6.07, 6.45) is -0.00128. The third-order valence-electron chi connectivity index (χ3n) is 9.08. The molecule has 0 bridgehead atoms. The maximum atomic E-state index is 13.9. The first-order valence-electron chi connectivity index (χ1n) is 18.4. The van der Waals surface area contributed by atoms with Gasteiger partial charge in [-0.25, -0.2) is 4.79 Å². The van der Waals surface area contributed by atoms with Gasteiger partial charge in [-0.1, -0.05) is 133 Å². The molecule has 0 saturated heterocycles. The van der Waals surface area contributed by atoms with Gasteiger partial charge < -0.3 is 31.7 Å². The summed E-state index contributed by atoms with van der Waals surface area (Å²) >= 11 is 0. The number of carbonyl (C=O) groups is 6. The lowest BCUT2D eigenvalue weighted by atomic mass is 9.77.